The van der Waals surface area contributed by atoms with E-state index in [9.17, 15) is 18.8 Å². The number of amides is 3. The van der Waals surface area contributed by atoms with Crippen LogP contribution in [0.2, 0.25) is 0 Å². The van der Waals surface area contributed by atoms with Crippen LogP contribution in [-0.4, -0.2) is 28.6 Å². The molecule has 0 atom stereocenters. The Kier molecular flexibility index (Phi) is 7.31. The molecule has 3 amide bonds. The number of anilines is 1. The molecule has 4 rings (SSSR count). The normalized spacial score (nSPS) is 14.5. The van der Waals surface area contributed by atoms with Gasteiger partial charge in [0.1, 0.15) is 11.6 Å². The fourth-order valence-electron chi connectivity index (χ4n) is 3.56. The van der Waals surface area contributed by atoms with Crippen molar-refractivity contribution in [2.24, 2.45) is 0 Å². The van der Waals surface area contributed by atoms with Gasteiger partial charge in [0.15, 0.2) is 6.61 Å². The molecule has 8 heteroatoms. The van der Waals surface area contributed by atoms with Crippen molar-refractivity contribution in [1.29, 1.82) is 0 Å². The molecule has 6 nitrogen and oxygen atoms in total. The first-order valence-corrected chi connectivity index (χ1v) is 11.7. The van der Waals surface area contributed by atoms with Crippen molar-refractivity contribution >= 4 is 40.6 Å². The van der Waals surface area contributed by atoms with Crippen molar-refractivity contribution in [3.8, 4) is 5.75 Å². The highest BCUT2D eigenvalue weighted by Crippen LogP contribution is 2.35. The van der Waals surface area contributed by atoms with Crippen LogP contribution in [0.5, 0.6) is 5.75 Å². The summed E-state index contributed by atoms with van der Waals surface area (Å²) >= 11 is 0.826. The zero-order valence-electron chi connectivity index (χ0n) is 19.2. The Labute approximate surface area is 206 Å². The molecule has 178 valence electrons. The van der Waals surface area contributed by atoms with Crippen molar-refractivity contribution in [2.75, 3.05) is 11.9 Å². The second kappa shape index (κ2) is 10.6. The summed E-state index contributed by atoms with van der Waals surface area (Å²) in [6, 6.07) is 18.4. The average molecular weight is 491 g/mol. The number of ether oxygens (including phenoxy) is 1. The molecule has 1 aliphatic heterocycles. The van der Waals surface area contributed by atoms with E-state index in [2.05, 4.69) is 5.32 Å². The Morgan fingerprint density at radius 2 is 1.80 bits per heavy atom. The third-order valence-corrected chi connectivity index (χ3v) is 6.26. The minimum absolute atomic E-state index is 0.0546. The summed E-state index contributed by atoms with van der Waals surface area (Å²) in [6.07, 6.45) is 1.58. The minimum atomic E-state index is -0.438. The lowest BCUT2D eigenvalue weighted by Crippen LogP contribution is -2.27. The van der Waals surface area contributed by atoms with Crippen LogP contribution >= 0.6 is 11.8 Å². The van der Waals surface area contributed by atoms with Gasteiger partial charge in [-0.25, -0.2) is 4.39 Å². The van der Waals surface area contributed by atoms with Gasteiger partial charge in [-0.15, -0.1) is 0 Å². The lowest BCUT2D eigenvalue weighted by Gasteiger charge is -2.13. The minimum Gasteiger partial charge on any atom is -0.483 e. The highest BCUT2D eigenvalue weighted by atomic mass is 32.2. The standard InChI is InChI=1S/C27H23FN2O4S/c1-17-7-12-22(18(2)13-17)29-25(31)16-34-23-6-4-3-5-20(23)14-24-26(32)30(27(33)35-24)15-19-8-10-21(28)11-9-19/h3-14H,15-16H2,1-2H3,(H,29,31)/b24-14-. The molecule has 0 aromatic heterocycles. The molecule has 0 bridgehead atoms. The summed E-state index contributed by atoms with van der Waals surface area (Å²) in [7, 11) is 0. The van der Waals surface area contributed by atoms with Crippen LogP contribution < -0.4 is 10.1 Å². The van der Waals surface area contributed by atoms with Crippen molar-refractivity contribution < 1.29 is 23.5 Å². The number of nitrogens with one attached hydrogen (secondary N) is 1. The number of imide groups is 1. The lowest BCUT2D eigenvalue weighted by molar-refractivity contribution is -0.123. The Balaban J connectivity index is 1.44. The summed E-state index contributed by atoms with van der Waals surface area (Å²) in [5, 5.41) is 2.43. The van der Waals surface area contributed by atoms with E-state index in [1.54, 1.807) is 30.3 Å². The van der Waals surface area contributed by atoms with Gasteiger partial charge in [0, 0.05) is 11.3 Å². The van der Waals surface area contributed by atoms with Crippen LogP contribution in [0.1, 0.15) is 22.3 Å². The Bertz CT molecular complexity index is 1320. The molecular weight excluding hydrogens is 467 g/mol. The van der Waals surface area contributed by atoms with E-state index in [-0.39, 0.29) is 29.8 Å². The molecular formula is C27H23FN2O4S. The van der Waals surface area contributed by atoms with Crippen LogP contribution in [-0.2, 0) is 16.1 Å². The molecule has 1 saturated heterocycles. The number of carbonyl (C=O) groups excluding carboxylic acids is 3. The number of hydrogen-bond acceptors (Lipinski definition) is 5. The second-order valence-electron chi connectivity index (χ2n) is 8.09. The topological polar surface area (TPSA) is 75.7 Å². The first-order valence-electron chi connectivity index (χ1n) is 10.9. The summed E-state index contributed by atoms with van der Waals surface area (Å²) < 4.78 is 18.9. The smallest absolute Gasteiger partial charge is 0.293 e. The van der Waals surface area contributed by atoms with E-state index >= 15 is 0 Å². The van der Waals surface area contributed by atoms with Crippen molar-refractivity contribution in [3.63, 3.8) is 0 Å². The van der Waals surface area contributed by atoms with E-state index in [0.29, 0.717) is 22.6 Å². The average Bonchev–Trinajstić information content (AvgIpc) is 3.09. The number of benzene rings is 3. The van der Waals surface area contributed by atoms with Crippen molar-refractivity contribution in [1.82, 2.24) is 4.90 Å². The highest BCUT2D eigenvalue weighted by molar-refractivity contribution is 8.18. The van der Waals surface area contributed by atoms with Gasteiger partial charge in [-0.1, -0.05) is 48.0 Å². The van der Waals surface area contributed by atoms with Gasteiger partial charge in [-0.3, -0.25) is 19.3 Å². The number of para-hydroxylation sites is 1. The molecule has 1 aliphatic rings. The molecule has 3 aromatic rings. The molecule has 1 fully saturated rings. The summed E-state index contributed by atoms with van der Waals surface area (Å²) in [4.78, 5) is 39.1. The fourth-order valence-corrected chi connectivity index (χ4v) is 4.39. The number of thioether (sulfide) groups is 1. The van der Waals surface area contributed by atoms with Crippen LogP contribution in [0.4, 0.5) is 14.9 Å². The van der Waals surface area contributed by atoms with Gasteiger partial charge in [0.2, 0.25) is 0 Å². The van der Waals surface area contributed by atoms with Gasteiger partial charge in [-0.2, -0.15) is 0 Å². The van der Waals surface area contributed by atoms with Crippen molar-refractivity contribution in [2.45, 2.75) is 20.4 Å². The van der Waals surface area contributed by atoms with Crippen LogP contribution in [0, 0.1) is 19.7 Å². The zero-order chi connectivity index (χ0) is 24.9. The van der Waals surface area contributed by atoms with E-state index in [0.717, 1.165) is 27.8 Å². The molecule has 1 heterocycles. The first-order chi connectivity index (χ1) is 16.8. The fraction of sp³-hybridized carbons (Fsp3) is 0.148. The Hall–Kier alpha value is -3.91. The van der Waals surface area contributed by atoms with Crippen LogP contribution in [0.25, 0.3) is 6.08 Å². The van der Waals surface area contributed by atoms with Gasteiger partial charge >= 0.3 is 0 Å². The number of carbonyl (C=O) groups is 3. The SMILES string of the molecule is Cc1ccc(NC(=O)COc2ccccc2/C=C2\SC(=O)N(Cc3ccc(F)cc3)C2=O)c(C)c1. The number of nitrogens with zero attached hydrogens (tertiary/aromatic N) is 1. The maximum atomic E-state index is 13.2. The monoisotopic (exact) mass is 490 g/mol. The zero-order valence-corrected chi connectivity index (χ0v) is 20.0. The molecule has 0 unspecified atom stereocenters. The maximum Gasteiger partial charge on any atom is 0.293 e. The van der Waals surface area contributed by atoms with Gasteiger partial charge in [0.25, 0.3) is 17.1 Å². The predicted molar refractivity (Wildman–Crippen MR) is 134 cm³/mol. The van der Waals surface area contributed by atoms with E-state index in [4.69, 9.17) is 4.74 Å². The molecule has 0 saturated carbocycles. The lowest BCUT2D eigenvalue weighted by atomic mass is 10.1. The Morgan fingerprint density at radius 1 is 1.06 bits per heavy atom. The molecule has 0 radical (unpaired) electrons. The number of halogens is 1. The van der Waals surface area contributed by atoms with Gasteiger partial charge in [0.05, 0.1) is 11.4 Å². The molecule has 1 N–H and O–H groups in total. The van der Waals surface area contributed by atoms with E-state index < -0.39 is 11.1 Å². The summed E-state index contributed by atoms with van der Waals surface area (Å²) in [6.45, 7) is 3.74. The largest absolute Gasteiger partial charge is 0.483 e. The summed E-state index contributed by atoms with van der Waals surface area (Å²) in [5.74, 6) is -0.728. The van der Waals surface area contributed by atoms with E-state index in [1.807, 2.05) is 32.0 Å². The maximum absolute atomic E-state index is 13.2. The predicted octanol–water partition coefficient (Wildman–Crippen LogP) is 5.70. The number of hydrogen-bond donors (Lipinski definition) is 1. The summed E-state index contributed by atoms with van der Waals surface area (Å²) in [5.41, 5.74) is 3.99. The first kappa shape index (κ1) is 24.2. The van der Waals surface area contributed by atoms with Crippen LogP contribution in [0.3, 0.4) is 0 Å². The Morgan fingerprint density at radius 3 is 2.54 bits per heavy atom. The van der Waals surface area contributed by atoms with E-state index in [1.165, 1.54) is 24.3 Å². The van der Waals surface area contributed by atoms with Gasteiger partial charge < -0.3 is 10.1 Å². The number of rotatable bonds is 7. The van der Waals surface area contributed by atoms with Gasteiger partial charge in [-0.05, 0) is 67.1 Å². The molecule has 35 heavy (non-hydrogen) atoms. The van der Waals surface area contributed by atoms with Crippen LogP contribution in [0.15, 0.2) is 71.6 Å². The van der Waals surface area contributed by atoms with Crippen molar-refractivity contribution in [3.05, 3.63) is 99.7 Å². The third kappa shape index (κ3) is 5.96. The quantitative estimate of drug-likeness (QED) is 0.430. The second-order valence-corrected chi connectivity index (χ2v) is 9.08. The molecule has 0 spiro atoms. The third-order valence-electron chi connectivity index (χ3n) is 5.35. The highest BCUT2D eigenvalue weighted by Gasteiger charge is 2.35. The molecule has 3 aromatic carbocycles. The molecule has 0 aliphatic carbocycles. The number of aryl methyl sites for hydroxylation is 2.